The Labute approximate surface area is 148 Å². The zero-order chi connectivity index (χ0) is 16.7. The number of methoxy groups -OCH3 is 1. The molecular weight excluding hydrogens is 366 g/mol. The number of ether oxygens (including phenoxy) is 1. The van der Waals surface area contributed by atoms with Gasteiger partial charge in [0.05, 0.1) is 18.5 Å². The lowest BCUT2D eigenvalue weighted by atomic mass is 10.1. The van der Waals surface area contributed by atoms with Crippen LogP contribution in [-0.2, 0) is 7.05 Å². The van der Waals surface area contributed by atoms with Gasteiger partial charge in [-0.1, -0.05) is 40.2 Å². The first-order valence-corrected chi connectivity index (χ1v) is 8.40. The minimum atomic E-state index is 0.848. The van der Waals surface area contributed by atoms with Gasteiger partial charge in [-0.2, -0.15) is 0 Å². The molecule has 0 fully saturated rings. The van der Waals surface area contributed by atoms with Crippen molar-refractivity contribution in [3.63, 3.8) is 0 Å². The first kappa shape index (κ1) is 15.0. The largest absolute Gasteiger partial charge is 0.497 e. The highest BCUT2D eigenvalue weighted by atomic mass is 79.9. The standard InChI is InChI=1S/C19H16BrN3O/c1-22-18(14-6-4-8-16(10-14)24-2)12-23-11-17(21-19(22)23)13-5-3-7-15(20)9-13/h3-12H,1-2H3. The van der Waals surface area contributed by atoms with E-state index in [0.29, 0.717) is 0 Å². The molecule has 0 atom stereocenters. The van der Waals surface area contributed by atoms with Crippen LogP contribution in [0.3, 0.4) is 0 Å². The Morgan fingerprint density at radius 3 is 2.54 bits per heavy atom. The van der Waals surface area contributed by atoms with Crippen LogP contribution in [0.5, 0.6) is 5.75 Å². The number of halogens is 1. The van der Waals surface area contributed by atoms with E-state index in [1.54, 1.807) is 7.11 Å². The van der Waals surface area contributed by atoms with Crippen LogP contribution >= 0.6 is 15.9 Å². The van der Waals surface area contributed by atoms with E-state index in [9.17, 15) is 0 Å². The van der Waals surface area contributed by atoms with E-state index in [1.807, 2.05) is 37.4 Å². The second-order valence-electron chi connectivity index (χ2n) is 5.65. The topological polar surface area (TPSA) is 31.5 Å². The Hall–Kier alpha value is -2.53. The van der Waals surface area contributed by atoms with Crippen LogP contribution in [0.15, 0.2) is 65.4 Å². The van der Waals surface area contributed by atoms with E-state index in [4.69, 9.17) is 9.72 Å². The number of nitrogens with zero attached hydrogens (tertiary/aromatic N) is 3. The third kappa shape index (κ3) is 2.51. The number of rotatable bonds is 3. The number of aromatic nitrogens is 3. The predicted molar refractivity (Wildman–Crippen MR) is 99.3 cm³/mol. The lowest BCUT2D eigenvalue weighted by molar-refractivity contribution is 0.415. The smallest absolute Gasteiger partial charge is 0.214 e. The van der Waals surface area contributed by atoms with Gasteiger partial charge in [0.2, 0.25) is 5.78 Å². The van der Waals surface area contributed by atoms with Crippen molar-refractivity contribution in [1.82, 2.24) is 14.0 Å². The number of benzene rings is 2. The summed E-state index contributed by atoms with van der Waals surface area (Å²) in [5, 5.41) is 0. The van der Waals surface area contributed by atoms with E-state index in [0.717, 1.165) is 38.5 Å². The molecule has 2 aromatic carbocycles. The molecule has 0 unspecified atom stereocenters. The fraction of sp³-hybridized carbons (Fsp3) is 0.105. The first-order valence-electron chi connectivity index (χ1n) is 7.60. The molecule has 4 aromatic rings. The highest BCUT2D eigenvalue weighted by molar-refractivity contribution is 9.10. The van der Waals surface area contributed by atoms with Gasteiger partial charge in [0.15, 0.2) is 0 Å². The highest BCUT2D eigenvalue weighted by Crippen LogP contribution is 2.28. The molecule has 0 saturated carbocycles. The van der Waals surface area contributed by atoms with Crippen molar-refractivity contribution in [2.45, 2.75) is 0 Å². The molecule has 0 aliphatic rings. The van der Waals surface area contributed by atoms with Gasteiger partial charge in [0, 0.05) is 35.0 Å². The number of hydrogen-bond acceptors (Lipinski definition) is 2. The summed E-state index contributed by atoms with van der Waals surface area (Å²) in [6.07, 6.45) is 4.15. The Morgan fingerprint density at radius 1 is 1.00 bits per heavy atom. The zero-order valence-electron chi connectivity index (χ0n) is 13.4. The normalized spacial score (nSPS) is 11.1. The summed E-state index contributed by atoms with van der Waals surface area (Å²) in [5.41, 5.74) is 4.25. The summed E-state index contributed by atoms with van der Waals surface area (Å²) in [4.78, 5) is 4.79. The van der Waals surface area contributed by atoms with Crippen molar-refractivity contribution in [3.8, 4) is 28.3 Å². The number of hydrogen-bond donors (Lipinski definition) is 0. The van der Waals surface area contributed by atoms with Gasteiger partial charge in [0.25, 0.3) is 0 Å². The number of imidazole rings is 2. The van der Waals surface area contributed by atoms with Gasteiger partial charge in [0.1, 0.15) is 5.75 Å². The van der Waals surface area contributed by atoms with E-state index < -0.39 is 0 Å². The fourth-order valence-electron chi connectivity index (χ4n) is 2.89. The van der Waals surface area contributed by atoms with Gasteiger partial charge < -0.3 is 9.30 Å². The molecule has 5 heteroatoms. The van der Waals surface area contributed by atoms with Crippen LogP contribution in [0, 0.1) is 0 Å². The predicted octanol–water partition coefficient (Wildman–Crippen LogP) is 4.78. The molecule has 0 spiro atoms. The summed E-state index contributed by atoms with van der Waals surface area (Å²) in [6, 6.07) is 16.2. The lowest BCUT2D eigenvalue weighted by Crippen LogP contribution is -1.93. The molecule has 2 heterocycles. The van der Waals surface area contributed by atoms with Gasteiger partial charge in [-0.3, -0.25) is 4.40 Å². The lowest BCUT2D eigenvalue weighted by Gasteiger charge is -2.05. The maximum Gasteiger partial charge on any atom is 0.214 e. The minimum absolute atomic E-state index is 0.848. The van der Waals surface area contributed by atoms with Gasteiger partial charge in [-0.25, -0.2) is 4.98 Å². The van der Waals surface area contributed by atoms with Crippen LogP contribution in [0.4, 0.5) is 0 Å². The SMILES string of the molecule is COc1cccc(-c2cn3cc(-c4cccc(Br)c4)nc3n2C)c1. The Kier molecular flexibility index (Phi) is 3.65. The summed E-state index contributed by atoms with van der Waals surface area (Å²) in [5.74, 6) is 1.75. The Bertz CT molecular complexity index is 1030. The van der Waals surface area contributed by atoms with Crippen molar-refractivity contribution in [1.29, 1.82) is 0 Å². The molecule has 0 N–H and O–H groups in total. The van der Waals surface area contributed by atoms with Crippen molar-refractivity contribution >= 4 is 21.7 Å². The van der Waals surface area contributed by atoms with E-state index in [2.05, 4.69) is 55.5 Å². The maximum atomic E-state index is 5.32. The van der Waals surface area contributed by atoms with E-state index in [-0.39, 0.29) is 0 Å². The van der Waals surface area contributed by atoms with Crippen LogP contribution in [0.1, 0.15) is 0 Å². The molecule has 0 amide bonds. The third-order valence-electron chi connectivity index (χ3n) is 4.12. The quantitative estimate of drug-likeness (QED) is 0.511. The fourth-order valence-corrected chi connectivity index (χ4v) is 3.29. The van der Waals surface area contributed by atoms with Crippen LogP contribution in [-0.4, -0.2) is 21.1 Å². The zero-order valence-corrected chi connectivity index (χ0v) is 15.0. The first-order chi connectivity index (χ1) is 11.7. The van der Waals surface area contributed by atoms with Crippen LogP contribution in [0.2, 0.25) is 0 Å². The Balaban J connectivity index is 1.81. The van der Waals surface area contributed by atoms with Gasteiger partial charge >= 0.3 is 0 Å². The monoisotopic (exact) mass is 381 g/mol. The molecule has 0 radical (unpaired) electrons. The molecule has 0 aliphatic heterocycles. The van der Waals surface area contributed by atoms with Gasteiger partial charge in [-0.05, 0) is 24.3 Å². The van der Waals surface area contributed by atoms with Crippen molar-refractivity contribution in [2.24, 2.45) is 7.05 Å². The van der Waals surface area contributed by atoms with Crippen molar-refractivity contribution in [3.05, 3.63) is 65.4 Å². The number of fused-ring (bicyclic) bond motifs is 1. The number of aryl methyl sites for hydroxylation is 1. The molecule has 4 nitrogen and oxygen atoms in total. The van der Waals surface area contributed by atoms with Crippen molar-refractivity contribution < 1.29 is 4.74 Å². The van der Waals surface area contributed by atoms with E-state index in [1.165, 1.54) is 0 Å². The van der Waals surface area contributed by atoms with Crippen LogP contribution < -0.4 is 4.74 Å². The molecule has 0 saturated heterocycles. The van der Waals surface area contributed by atoms with E-state index >= 15 is 0 Å². The molecule has 2 aromatic heterocycles. The van der Waals surface area contributed by atoms with Crippen LogP contribution in [0.25, 0.3) is 28.3 Å². The average Bonchev–Trinajstić information content (AvgIpc) is 3.15. The second kappa shape index (κ2) is 5.83. The molecular formula is C19H16BrN3O. The summed E-state index contributed by atoms with van der Waals surface area (Å²) in [6.45, 7) is 0. The molecule has 120 valence electrons. The molecule has 4 rings (SSSR count). The van der Waals surface area contributed by atoms with Gasteiger partial charge in [-0.15, -0.1) is 0 Å². The molecule has 0 bridgehead atoms. The average molecular weight is 382 g/mol. The molecule has 0 aliphatic carbocycles. The second-order valence-corrected chi connectivity index (χ2v) is 6.56. The minimum Gasteiger partial charge on any atom is -0.497 e. The summed E-state index contributed by atoms with van der Waals surface area (Å²) >= 11 is 3.51. The Morgan fingerprint density at radius 2 is 1.79 bits per heavy atom. The molecule has 24 heavy (non-hydrogen) atoms. The summed E-state index contributed by atoms with van der Waals surface area (Å²) in [7, 11) is 3.71. The van der Waals surface area contributed by atoms with Crippen molar-refractivity contribution in [2.75, 3.05) is 7.11 Å². The maximum absolute atomic E-state index is 5.32. The summed E-state index contributed by atoms with van der Waals surface area (Å²) < 4.78 is 10.5. The third-order valence-corrected chi connectivity index (χ3v) is 4.61. The highest BCUT2D eigenvalue weighted by Gasteiger charge is 2.13.